The number of non-ortho nitro benzene ring substituents is 1. The first-order chi connectivity index (χ1) is 11.8. The average molecular weight is 346 g/mol. The SMILES string of the molecule is CC(=O)Nc1cc(NCC(=O)Nc2ccc([N+](=O)[O-])cc2)ccc1F. The number of anilines is 3. The number of nitrogens with zero attached hydrogens (tertiary/aromatic N) is 1. The Morgan fingerprint density at radius 3 is 2.32 bits per heavy atom. The summed E-state index contributed by atoms with van der Waals surface area (Å²) in [5.74, 6) is -1.39. The molecule has 2 amide bonds. The molecule has 0 bridgehead atoms. The van der Waals surface area contributed by atoms with E-state index in [1.807, 2.05) is 0 Å². The van der Waals surface area contributed by atoms with Gasteiger partial charge in [0, 0.05) is 30.4 Å². The van der Waals surface area contributed by atoms with Crippen LogP contribution in [0.1, 0.15) is 6.92 Å². The molecule has 0 aliphatic carbocycles. The van der Waals surface area contributed by atoms with Crippen LogP contribution in [0.3, 0.4) is 0 Å². The second-order valence-corrected chi connectivity index (χ2v) is 5.08. The van der Waals surface area contributed by atoms with E-state index < -0.39 is 16.6 Å². The van der Waals surface area contributed by atoms with Gasteiger partial charge in [-0.15, -0.1) is 0 Å². The summed E-state index contributed by atoms with van der Waals surface area (Å²) >= 11 is 0. The number of rotatable bonds is 6. The van der Waals surface area contributed by atoms with E-state index in [0.717, 1.165) is 0 Å². The summed E-state index contributed by atoms with van der Waals surface area (Å²) in [5.41, 5.74) is 0.792. The number of nitro groups is 1. The summed E-state index contributed by atoms with van der Waals surface area (Å²) in [7, 11) is 0. The quantitative estimate of drug-likeness (QED) is 0.550. The summed E-state index contributed by atoms with van der Waals surface area (Å²) in [6.45, 7) is 1.15. The third-order valence-corrected chi connectivity index (χ3v) is 3.09. The Morgan fingerprint density at radius 2 is 1.72 bits per heavy atom. The maximum atomic E-state index is 13.5. The van der Waals surface area contributed by atoms with E-state index in [1.165, 1.54) is 49.4 Å². The molecule has 130 valence electrons. The summed E-state index contributed by atoms with van der Waals surface area (Å²) in [6.07, 6.45) is 0. The molecule has 0 saturated heterocycles. The number of hydrogen-bond donors (Lipinski definition) is 3. The lowest BCUT2D eigenvalue weighted by Crippen LogP contribution is -2.21. The third kappa shape index (κ3) is 5.27. The minimum atomic E-state index is -0.587. The maximum absolute atomic E-state index is 13.5. The topological polar surface area (TPSA) is 113 Å². The second kappa shape index (κ2) is 7.86. The highest BCUT2D eigenvalue weighted by atomic mass is 19.1. The lowest BCUT2D eigenvalue weighted by molar-refractivity contribution is -0.384. The van der Waals surface area contributed by atoms with Crippen LogP contribution in [0.15, 0.2) is 42.5 Å². The highest BCUT2D eigenvalue weighted by Gasteiger charge is 2.08. The summed E-state index contributed by atoms with van der Waals surface area (Å²) < 4.78 is 13.5. The van der Waals surface area contributed by atoms with Crippen molar-refractivity contribution in [2.75, 3.05) is 22.5 Å². The van der Waals surface area contributed by atoms with Crippen LogP contribution < -0.4 is 16.0 Å². The minimum Gasteiger partial charge on any atom is -0.376 e. The standard InChI is InChI=1S/C16H15FN4O4/c1-10(22)19-15-8-12(4-7-14(15)17)18-9-16(23)20-11-2-5-13(6-3-11)21(24)25/h2-8,18H,9H2,1H3,(H,19,22)(H,20,23). The van der Waals surface area contributed by atoms with Gasteiger partial charge >= 0.3 is 0 Å². The van der Waals surface area contributed by atoms with Gasteiger partial charge in [0.2, 0.25) is 11.8 Å². The first-order valence-corrected chi connectivity index (χ1v) is 7.20. The molecule has 0 fully saturated rings. The van der Waals surface area contributed by atoms with Gasteiger partial charge in [-0.3, -0.25) is 19.7 Å². The molecule has 8 nitrogen and oxygen atoms in total. The van der Waals surface area contributed by atoms with Gasteiger partial charge in [-0.1, -0.05) is 0 Å². The number of carbonyl (C=O) groups is 2. The Labute approximate surface area is 142 Å². The van der Waals surface area contributed by atoms with Crippen molar-refractivity contribution in [1.29, 1.82) is 0 Å². The largest absolute Gasteiger partial charge is 0.376 e. The number of halogens is 1. The normalized spacial score (nSPS) is 10.0. The predicted molar refractivity (Wildman–Crippen MR) is 90.9 cm³/mol. The van der Waals surface area contributed by atoms with Crippen molar-refractivity contribution >= 4 is 34.6 Å². The molecule has 2 rings (SSSR count). The molecule has 2 aromatic rings. The van der Waals surface area contributed by atoms with E-state index >= 15 is 0 Å². The minimum absolute atomic E-state index is 0.00766. The van der Waals surface area contributed by atoms with Crippen molar-refractivity contribution in [3.05, 3.63) is 58.4 Å². The Balaban J connectivity index is 1.93. The number of carbonyl (C=O) groups excluding carboxylic acids is 2. The number of benzene rings is 2. The van der Waals surface area contributed by atoms with Gasteiger partial charge in [-0.2, -0.15) is 0 Å². The Hall–Kier alpha value is -3.49. The van der Waals surface area contributed by atoms with Crippen LogP contribution in [0.4, 0.5) is 27.1 Å². The highest BCUT2D eigenvalue weighted by Crippen LogP contribution is 2.20. The maximum Gasteiger partial charge on any atom is 0.269 e. The second-order valence-electron chi connectivity index (χ2n) is 5.08. The predicted octanol–water partition coefficient (Wildman–Crippen LogP) is 2.74. The molecule has 3 N–H and O–H groups in total. The zero-order chi connectivity index (χ0) is 18.4. The highest BCUT2D eigenvalue weighted by molar-refractivity contribution is 5.94. The first-order valence-electron chi connectivity index (χ1n) is 7.20. The van der Waals surface area contributed by atoms with Crippen molar-refractivity contribution in [2.24, 2.45) is 0 Å². The molecule has 0 heterocycles. The molecule has 0 aliphatic rings. The van der Waals surface area contributed by atoms with Gasteiger partial charge in [-0.05, 0) is 30.3 Å². The van der Waals surface area contributed by atoms with Crippen LogP contribution in [0.2, 0.25) is 0 Å². The number of hydrogen-bond acceptors (Lipinski definition) is 5. The van der Waals surface area contributed by atoms with Crippen molar-refractivity contribution in [3.63, 3.8) is 0 Å². The summed E-state index contributed by atoms with van der Waals surface area (Å²) in [5, 5.41) is 18.3. The summed E-state index contributed by atoms with van der Waals surface area (Å²) in [6, 6.07) is 9.37. The van der Waals surface area contributed by atoms with Gasteiger partial charge in [0.1, 0.15) is 5.82 Å². The number of nitro benzene ring substituents is 1. The van der Waals surface area contributed by atoms with Gasteiger partial charge in [0.25, 0.3) is 5.69 Å². The molecular weight excluding hydrogens is 331 g/mol. The molecule has 0 aliphatic heterocycles. The van der Waals surface area contributed by atoms with E-state index in [1.54, 1.807) is 0 Å². The summed E-state index contributed by atoms with van der Waals surface area (Å²) in [4.78, 5) is 32.9. The fourth-order valence-corrected chi connectivity index (χ4v) is 1.97. The van der Waals surface area contributed by atoms with Crippen LogP contribution in [-0.4, -0.2) is 23.3 Å². The first kappa shape index (κ1) is 17.9. The molecule has 0 saturated carbocycles. The Kier molecular flexibility index (Phi) is 5.62. The molecule has 0 radical (unpaired) electrons. The van der Waals surface area contributed by atoms with Crippen molar-refractivity contribution in [1.82, 2.24) is 0 Å². The van der Waals surface area contributed by atoms with E-state index in [9.17, 15) is 24.1 Å². The monoisotopic (exact) mass is 346 g/mol. The fraction of sp³-hybridized carbons (Fsp3) is 0.125. The van der Waals surface area contributed by atoms with E-state index in [2.05, 4.69) is 16.0 Å². The smallest absolute Gasteiger partial charge is 0.269 e. The molecule has 0 aromatic heterocycles. The van der Waals surface area contributed by atoms with Crippen LogP contribution in [0.25, 0.3) is 0 Å². The van der Waals surface area contributed by atoms with Crippen LogP contribution in [0.5, 0.6) is 0 Å². The molecule has 25 heavy (non-hydrogen) atoms. The zero-order valence-corrected chi connectivity index (χ0v) is 13.2. The van der Waals surface area contributed by atoms with E-state index in [0.29, 0.717) is 11.4 Å². The lowest BCUT2D eigenvalue weighted by Gasteiger charge is -2.10. The van der Waals surface area contributed by atoms with Gasteiger partial charge in [0.15, 0.2) is 0 Å². The average Bonchev–Trinajstić information content (AvgIpc) is 2.55. The van der Waals surface area contributed by atoms with Crippen molar-refractivity contribution in [2.45, 2.75) is 6.92 Å². The van der Waals surface area contributed by atoms with Crippen LogP contribution in [0, 0.1) is 15.9 Å². The van der Waals surface area contributed by atoms with Gasteiger partial charge in [-0.25, -0.2) is 4.39 Å². The van der Waals surface area contributed by atoms with Gasteiger partial charge in [0.05, 0.1) is 17.2 Å². The Bertz CT molecular complexity index is 808. The molecule has 2 aromatic carbocycles. The zero-order valence-electron chi connectivity index (χ0n) is 13.2. The van der Waals surface area contributed by atoms with Gasteiger partial charge < -0.3 is 16.0 Å². The van der Waals surface area contributed by atoms with Crippen molar-refractivity contribution < 1.29 is 18.9 Å². The van der Waals surface area contributed by atoms with Crippen molar-refractivity contribution in [3.8, 4) is 0 Å². The molecule has 0 atom stereocenters. The molecule has 9 heteroatoms. The fourth-order valence-electron chi connectivity index (χ4n) is 1.97. The Morgan fingerprint density at radius 1 is 1.08 bits per heavy atom. The third-order valence-electron chi connectivity index (χ3n) is 3.09. The van der Waals surface area contributed by atoms with Crippen LogP contribution in [-0.2, 0) is 9.59 Å². The number of nitrogens with one attached hydrogen (secondary N) is 3. The van der Waals surface area contributed by atoms with E-state index in [4.69, 9.17) is 0 Å². The van der Waals surface area contributed by atoms with Crippen LogP contribution >= 0.6 is 0 Å². The van der Waals surface area contributed by atoms with E-state index in [-0.39, 0.29) is 23.8 Å². The molecule has 0 unspecified atom stereocenters. The molecule has 0 spiro atoms. The number of amides is 2. The lowest BCUT2D eigenvalue weighted by atomic mass is 10.2. The molecular formula is C16H15FN4O4.